The van der Waals surface area contributed by atoms with Crippen molar-refractivity contribution in [1.82, 2.24) is 0 Å². The first-order valence-corrected chi connectivity index (χ1v) is 55.5. The number of fused-ring (bicyclic) bond motifs is 6. The lowest BCUT2D eigenvalue weighted by atomic mass is 9.77. The van der Waals surface area contributed by atoms with Crippen LogP contribution < -0.4 is 9.80 Å². The van der Waals surface area contributed by atoms with Crippen LogP contribution in [-0.2, 0) is 54.1 Å². The van der Waals surface area contributed by atoms with Gasteiger partial charge in [0.05, 0.1) is 0 Å². The zero-order valence-corrected chi connectivity index (χ0v) is 94.5. The largest absolute Gasteiger partial charge is 0.310 e. The Morgan fingerprint density at radius 1 is 0.169 bits per heavy atom. The van der Waals surface area contributed by atoms with Gasteiger partial charge in [0.2, 0.25) is 0 Å². The summed E-state index contributed by atoms with van der Waals surface area (Å²) in [6, 6.07) is 132. The van der Waals surface area contributed by atoms with Crippen LogP contribution in [0.5, 0.6) is 0 Å². The van der Waals surface area contributed by atoms with Crippen LogP contribution in [0.25, 0.3) is 111 Å². The molecule has 0 spiro atoms. The van der Waals surface area contributed by atoms with Crippen LogP contribution in [0, 0.1) is 0 Å². The third kappa shape index (κ3) is 21.7. The lowest BCUT2D eigenvalue weighted by molar-refractivity contribution is 0.443. The molecule has 0 unspecified atom stereocenters. The van der Waals surface area contributed by atoms with Crippen LogP contribution in [0.1, 0.15) is 348 Å². The van der Waals surface area contributed by atoms with Crippen LogP contribution in [-0.4, -0.2) is 0 Å². The molecule has 0 bridgehead atoms. The number of nitrogens with zero attached hydrogens (tertiary/aromatic N) is 2. The minimum Gasteiger partial charge on any atom is -0.310 e. The van der Waals surface area contributed by atoms with Gasteiger partial charge < -0.3 is 9.80 Å². The first kappa shape index (κ1) is 104. The predicted molar refractivity (Wildman–Crippen MR) is 642 cm³/mol. The fourth-order valence-corrected chi connectivity index (χ4v) is 23.5. The lowest BCUT2D eigenvalue weighted by Crippen LogP contribution is -2.16. The molecule has 16 aromatic carbocycles. The molecule has 0 aromatic heterocycles. The lowest BCUT2D eigenvalue weighted by Gasteiger charge is -2.29. The zero-order valence-electron chi connectivity index (χ0n) is 94.5. The van der Waals surface area contributed by atoms with Crippen molar-refractivity contribution in [3.8, 4) is 111 Å². The molecule has 4 aliphatic carbocycles. The summed E-state index contributed by atoms with van der Waals surface area (Å²) in [5, 5.41) is 0. The molecule has 0 saturated heterocycles. The molecule has 756 valence electrons. The van der Waals surface area contributed by atoms with E-state index in [2.05, 4.69) is 543 Å². The molecule has 2 fully saturated rings. The van der Waals surface area contributed by atoms with Gasteiger partial charge in [0.15, 0.2) is 0 Å². The third-order valence-corrected chi connectivity index (χ3v) is 33.3. The maximum atomic E-state index is 2.48. The fraction of sp³-hybridized carbons (Fsp3) is 0.342. The standard InChI is InChI=1S/2C73H81N/c1-69(2,3)58-39-53(37-54(40-58)55-38-56(42-59(41-55)70(4,5)6)57-43-60(71(7,8)9)46-61(44-57)72(10,11)12)49-30-32-62(33-31-49)74(64-34-35-66-65-28-18-19-29-67(65)73(13,14)68(66)47-64)63-27-21-26-52(45-63)51-25-20-24-50(36-51)48-22-16-15-17-23-48;1-69(2,3)58-39-53(37-54(40-58)55-38-56(42-59(41-55)70(4,5)6)57-43-60(71(7,8)9)46-61(44-57)72(10,11)12)51-31-33-62(34-32-51)74(64-35-36-66-65-25-18-19-26-67(65)73(13,14)68(66)47-64)63-24-20-23-52(45-63)50-29-27-49(28-30-50)48-21-16-15-17-22-48/h18-21,24-48H,15-17,22-23H2,1-14H3;18-20,23-48H,15-17,21-22H2,1-14H3. The molecule has 16 aromatic rings. The molecular formula is C146H162N2. The first-order chi connectivity index (χ1) is 69.8. The number of hydrogen-bond donors (Lipinski definition) is 0. The van der Waals surface area contributed by atoms with Crippen molar-refractivity contribution >= 4 is 34.1 Å². The van der Waals surface area contributed by atoms with Crippen molar-refractivity contribution in [3.63, 3.8) is 0 Å². The second-order valence-corrected chi connectivity index (χ2v) is 53.4. The second kappa shape index (κ2) is 39.6. The van der Waals surface area contributed by atoms with E-state index < -0.39 is 0 Å². The Hall–Kier alpha value is -12.9. The summed E-state index contributed by atoms with van der Waals surface area (Å²) in [6.45, 7) is 65.7. The summed E-state index contributed by atoms with van der Waals surface area (Å²) in [6.07, 6.45) is 13.3. The summed E-state index contributed by atoms with van der Waals surface area (Å²) in [7, 11) is 0. The predicted octanol–water partition coefficient (Wildman–Crippen LogP) is 42.7. The smallest absolute Gasteiger partial charge is 0.0467 e. The molecule has 0 amide bonds. The Labute approximate surface area is 890 Å². The van der Waals surface area contributed by atoms with Gasteiger partial charge in [-0.2, -0.15) is 0 Å². The number of anilines is 6. The quantitative estimate of drug-likeness (QED) is 0.0951. The van der Waals surface area contributed by atoms with Crippen LogP contribution in [0.3, 0.4) is 0 Å². The van der Waals surface area contributed by atoms with E-state index in [1.54, 1.807) is 0 Å². The summed E-state index contributed by atoms with van der Waals surface area (Å²) in [4.78, 5) is 4.95. The zero-order chi connectivity index (χ0) is 105. The molecule has 20 rings (SSSR count). The maximum Gasteiger partial charge on any atom is 0.0467 e. The normalized spacial score (nSPS) is 14.9. The minimum absolute atomic E-state index is 0.0260. The van der Waals surface area contributed by atoms with Crippen molar-refractivity contribution in [2.24, 2.45) is 0 Å². The molecule has 0 heterocycles. The highest BCUT2D eigenvalue weighted by Gasteiger charge is 2.39. The Bertz CT molecular complexity index is 7550. The second-order valence-electron chi connectivity index (χ2n) is 53.4. The molecular weight excluding hydrogens is 1780 g/mol. The first-order valence-electron chi connectivity index (χ1n) is 55.5. The van der Waals surface area contributed by atoms with Crippen molar-refractivity contribution in [2.75, 3.05) is 9.80 Å². The van der Waals surface area contributed by atoms with Crippen LogP contribution in [0.4, 0.5) is 34.1 Å². The minimum atomic E-state index is -0.117. The van der Waals surface area contributed by atoms with E-state index in [0.717, 1.165) is 28.4 Å². The van der Waals surface area contributed by atoms with E-state index >= 15 is 0 Å². The van der Waals surface area contributed by atoms with Gasteiger partial charge in [-0.05, 0) is 367 Å². The van der Waals surface area contributed by atoms with Crippen molar-refractivity contribution in [2.45, 2.75) is 324 Å². The molecule has 4 aliphatic rings. The molecule has 0 aliphatic heterocycles. The van der Waals surface area contributed by atoms with E-state index in [1.807, 2.05) is 0 Å². The SMILES string of the molecule is CC(C)(C)c1cc(-c2ccc(N(c3cccc(-c4ccc(C5CCCCC5)cc4)c3)c3ccc4c(c3)C(C)(C)c3ccccc3-4)cc2)cc(-c2cc(-c3cc(C(C)(C)C)cc(C(C)(C)C)c3)cc(C(C)(C)C)c2)c1.CC(C)(C)c1cc(-c2ccc(N(c3cccc(-c4cccc(C5CCCCC5)c4)c3)c3ccc4c(c3)C(C)(C)c3ccccc3-4)cc2)cc(-c2cc(-c3cc(C(C)(C)C)cc(C(C)(C)C)c3)cc(C(C)(C)C)c2)c1. The average Bonchev–Trinajstić information content (AvgIpc) is 1.58. The summed E-state index contributed by atoms with van der Waals surface area (Å²) in [5.74, 6) is 1.35. The van der Waals surface area contributed by atoms with Gasteiger partial charge in [0.25, 0.3) is 0 Å². The molecule has 0 radical (unpaired) electrons. The molecule has 2 heteroatoms. The summed E-state index contributed by atoms with van der Waals surface area (Å²) >= 11 is 0. The van der Waals surface area contributed by atoms with E-state index in [4.69, 9.17) is 0 Å². The van der Waals surface area contributed by atoms with Gasteiger partial charge >= 0.3 is 0 Å². The fourth-order valence-electron chi connectivity index (χ4n) is 23.5. The van der Waals surface area contributed by atoms with Crippen LogP contribution in [0.15, 0.2) is 340 Å². The van der Waals surface area contributed by atoms with Crippen molar-refractivity contribution in [3.05, 3.63) is 418 Å². The van der Waals surface area contributed by atoms with Gasteiger partial charge in [-0.3, -0.25) is 0 Å². The van der Waals surface area contributed by atoms with Crippen molar-refractivity contribution in [1.29, 1.82) is 0 Å². The van der Waals surface area contributed by atoms with Gasteiger partial charge in [0.1, 0.15) is 0 Å². The number of rotatable bonds is 16. The average molecular weight is 1940 g/mol. The van der Waals surface area contributed by atoms with Gasteiger partial charge in [-0.25, -0.2) is 0 Å². The summed E-state index contributed by atoms with van der Waals surface area (Å²) < 4.78 is 0. The van der Waals surface area contributed by atoms with Gasteiger partial charge in [0, 0.05) is 45.0 Å². The third-order valence-electron chi connectivity index (χ3n) is 33.3. The monoisotopic (exact) mass is 1940 g/mol. The van der Waals surface area contributed by atoms with E-state index in [9.17, 15) is 0 Å². The van der Waals surface area contributed by atoms with Gasteiger partial charge in [-0.15, -0.1) is 0 Å². The summed E-state index contributed by atoms with van der Waals surface area (Å²) in [5.41, 5.74) is 51.3. The Morgan fingerprint density at radius 3 is 0.723 bits per heavy atom. The van der Waals surface area contributed by atoms with E-state index in [-0.39, 0.29) is 54.1 Å². The topological polar surface area (TPSA) is 6.48 Å². The van der Waals surface area contributed by atoms with Crippen LogP contribution >= 0.6 is 0 Å². The van der Waals surface area contributed by atoms with Crippen molar-refractivity contribution < 1.29 is 0 Å². The highest BCUT2D eigenvalue weighted by atomic mass is 15.1. The molecule has 0 atom stereocenters. The molecule has 0 N–H and O–H groups in total. The highest BCUT2D eigenvalue weighted by molar-refractivity contribution is 5.91. The highest BCUT2D eigenvalue weighted by Crippen LogP contribution is 2.56. The number of hydrogen-bond acceptors (Lipinski definition) is 2. The Balaban J connectivity index is 0.000000186. The Kier molecular flexibility index (Phi) is 27.7. The number of benzene rings is 16. The molecule has 2 nitrogen and oxygen atoms in total. The molecule has 148 heavy (non-hydrogen) atoms. The van der Waals surface area contributed by atoms with Crippen LogP contribution in [0.2, 0.25) is 0 Å². The Morgan fingerprint density at radius 2 is 0.405 bits per heavy atom. The molecule has 2 saturated carbocycles. The van der Waals surface area contributed by atoms with E-state index in [1.165, 1.54) is 259 Å². The van der Waals surface area contributed by atoms with Gasteiger partial charge in [-0.1, -0.05) is 475 Å². The van der Waals surface area contributed by atoms with E-state index in [0.29, 0.717) is 11.8 Å². The maximum absolute atomic E-state index is 2.48.